The second-order valence-corrected chi connectivity index (χ2v) is 3.21. The van der Waals surface area contributed by atoms with Crippen LogP contribution in [0, 0.1) is 0 Å². The Hall–Kier alpha value is -1.02. The summed E-state index contributed by atoms with van der Waals surface area (Å²) in [5.74, 6) is 0.134. The van der Waals surface area contributed by atoms with Gasteiger partial charge in [-0.25, -0.2) is 0 Å². The fourth-order valence-corrected chi connectivity index (χ4v) is 1.33. The van der Waals surface area contributed by atoms with Crippen molar-refractivity contribution >= 4 is 17.9 Å². The lowest BCUT2D eigenvalue weighted by molar-refractivity contribution is -0.107. The molecule has 0 radical (unpaired) electrons. The molecular weight excluding hydrogens is 188 g/mol. The Morgan fingerprint density at radius 3 is 2.92 bits per heavy atom. The molecule has 0 aliphatic carbocycles. The van der Waals surface area contributed by atoms with E-state index < -0.39 is 0 Å². The molecule has 0 aliphatic heterocycles. The molecule has 0 spiro atoms. The van der Waals surface area contributed by atoms with Crippen LogP contribution in [0.4, 0.5) is 0 Å². The predicted octanol–water partition coefficient (Wildman–Crippen LogP) is 2.57. The number of para-hydroxylation sites is 1. The molecule has 3 heteroatoms. The Balaban J connectivity index is 2.65. The SMILES string of the molecule is O=CCCCc1cccc(Cl)c1O. The first-order chi connectivity index (χ1) is 6.25. The van der Waals surface area contributed by atoms with E-state index in [0.29, 0.717) is 17.9 Å². The van der Waals surface area contributed by atoms with Crippen LogP contribution in [0.25, 0.3) is 0 Å². The zero-order chi connectivity index (χ0) is 9.68. The van der Waals surface area contributed by atoms with Gasteiger partial charge < -0.3 is 9.90 Å². The molecule has 70 valence electrons. The molecule has 1 rings (SSSR count). The van der Waals surface area contributed by atoms with E-state index in [4.69, 9.17) is 11.6 Å². The Bertz CT molecular complexity index is 297. The summed E-state index contributed by atoms with van der Waals surface area (Å²) >= 11 is 5.71. The Labute approximate surface area is 82.2 Å². The van der Waals surface area contributed by atoms with Crippen LogP contribution >= 0.6 is 11.6 Å². The summed E-state index contributed by atoms with van der Waals surface area (Å²) in [6, 6.07) is 5.24. The number of unbranched alkanes of at least 4 members (excludes halogenated alkanes) is 1. The number of aryl methyl sites for hydroxylation is 1. The number of hydrogen-bond donors (Lipinski definition) is 1. The minimum atomic E-state index is 0.134. The third kappa shape index (κ3) is 2.74. The predicted molar refractivity (Wildman–Crippen MR) is 52.1 cm³/mol. The van der Waals surface area contributed by atoms with E-state index in [-0.39, 0.29) is 5.75 Å². The third-order valence-corrected chi connectivity index (χ3v) is 2.14. The standard InChI is InChI=1S/C10H11ClO2/c11-9-6-3-5-8(10(9)13)4-1-2-7-12/h3,5-7,13H,1-2,4H2. The number of aromatic hydroxyl groups is 1. The summed E-state index contributed by atoms with van der Waals surface area (Å²) in [5, 5.41) is 9.84. The van der Waals surface area contributed by atoms with Gasteiger partial charge in [-0.2, -0.15) is 0 Å². The summed E-state index contributed by atoms with van der Waals surface area (Å²) in [4.78, 5) is 10.1. The monoisotopic (exact) mass is 198 g/mol. The molecule has 0 atom stereocenters. The minimum absolute atomic E-state index is 0.134. The molecule has 0 amide bonds. The van der Waals surface area contributed by atoms with Crippen LogP contribution in [0.3, 0.4) is 0 Å². The van der Waals surface area contributed by atoms with Gasteiger partial charge in [0.15, 0.2) is 0 Å². The van der Waals surface area contributed by atoms with Crippen LogP contribution < -0.4 is 0 Å². The number of halogens is 1. The highest BCUT2D eigenvalue weighted by Gasteiger charge is 2.03. The van der Waals surface area contributed by atoms with Crippen LogP contribution in [-0.4, -0.2) is 11.4 Å². The molecule has 0 fully saturated rings. The number of phenolic OH excluding ortho intramolecular Hbond substituents is 1. The molecule has 0 aliphatic rings. The third-order valence-electron chi connectivity index (χ3n) is 1.84. The lowest BCUT2D eigenvalue weighted by atomic mass is 10.1. The molecule has 0 bridgehead atoms. The number of rotatable bonds is 4. The van der Waals surface area contributed by atoms with E-state index in [1.807, 2.05) is 6.07 Å². The van der Waals surface area contributed by atoms with E-state index >= 15 is 0 Å². The average molecular weight is 199 g/mol. The lowest BCUT2D eigenvalue weighted by Gasteiger charge is -2.03. The minimum Gasteiger partial charge on any atom is -0.506 e. The van der Waals surface area contributed by atoms with E-state index in [2.05, 4.69) is 0 Å². The fourth-order valence-electron chi connectivity index (χ4n) is 1.14. The normalized spacial score (nSPS) is 9.92. The lowest BCUT2D eigenvalue weighted by Crippen LogP contribution is -1.87. The highest BCUT2D eigenvalue weighted by molar-refractivity contribution is 6.32. The van der Waals surface area contributed by atoms with Gasteiger partial charge in [0.1, 0.15) is 12.0 Å². The van der Waals surface area contributed by atoms with E-state index in [1.54, 1.807) is 12.1 Å². The Morgan fingerprint density at radius 1 is 1.46 bits per heavy atom. The van der Waals surface area contributed by atoms with Crippen LogP contribution in [0.1, 0.15) is 18.4 Å². The van der Waals surface area contributed by atoms with Crippen molar-refractivity contribution in [3.8, 4) is 5.75 Å². The van der Waals surface area contributed by atoms with Crippen molar-refractivity contribution in [3.63, 3.8) is 0 Å². The van der Waals surface area contributed by atoms with Gasteiger partial charge in [-0.3, -0.25) is 0 Å². The summed E-state index contributed by atoms with van der Waals surface area (Å²) in [6.45, 7) is 0. The molecule has 13 heavy (non-hydrogen) atoms. The number of carbonyl (C=O) groups is 1. The summed E-state index contributed by atoms with van der Waals surface area (Å²) in [7, 11) is 0. The molecule has 1 aromatic carbocycles. The number of benzene rings is 1. The van der Waals surface area contributed by atoms with Gasteiger partial charge in [0.2, 0.25) is 0 Å². The number of phenols is 1. The molecule has 0 unspecified atom stereocenters. The van der Waals surface area contributed by atoms with Crippen LogP contribution in [0.2, 0.25) is 5.02 Å². The van der Waals surface area contributed by atoms with E-state index in [1.165, 1.54) is 0 Å². The van der Waals surface area contributed by atoms with E-state index in [0.717, 1.165) is 18.3 Å². The number of carbonyl (C=O) groups excluding carboxylic acids is 1. The van der Waals surface area contributed by atoms with Crippen molar-refractivity contribution in [3.05, 3.63) is 28.8 Å². The van der Waals surface area contributed by atoms with Crippen molar-refractivity contribution in [2.24, 2.45) is 0 Å². The molecular formula is C10H11ClO2. The summed E-state index contributed by atoms with van der Waals surface area (Å²) in [6.07, 6.45) is 2.83. The highest BCUT2D eigenvalue weighted by Crippen LogP contribution is 2.27. The van der Waals surface area contributed by atoms with E-state index in [9.17, 15) is 9.90 Å². The topological polar surface area (TPSA) is 37.3 Å². The van der Waals surface area contributed by atoms with Crippen molar-refractivity contribution in [2.45, 2.75) is 19.3 Å². The van der Waals surface area contributed by atoms with Gasteiger partial charge in [0.25, 0.3) is 0 Å². The maximum Gasteiger partial charge on any atom is 0.137 e. The van der Waals surface area contributed by atoms with Crippen molar-refractivity contribution in [1.82, 2.24) is 0 Å². The molecule has 1 aromatic rings. The first-order valence-electron chi connectivity index (χ1n) is 4.15. The smallest absolute Gasteiger partial charge is 0.137 e. The maximum atomic E-state index is 10.1. The van der Waals surface area contributed by atoms with Crippen LogP contribution in [0.15, 0.2) is 18.2 Å². The molecule has 1 N–H and O–H groups in total. The van der Waals surface area contributed by atoms with Crippen molar-refractivity contribution in [2.75, 3.05) is 0 Å². The van der Waals surface area contributed by atoms with Crippen LogP contribution in [-0.2, 0) is 11.2 Å². The fraction of sp³-hybridized carbons (Fsp3) is 0.300. The average Bonchev–Trinajstić information content (AvgIpc) is 2.13. The zero-order valence-electron chi connectivity index (χ0n) is 7.16. The van der Waals surface area contributed by atoms with Gasteiger partial charge in [-0.1, -0.05) is 23.7 Å². The van der Waals surface area contributed by atoms with Crippen molar-refractivity contribution < 1.29 is 9.90 Å². The van der Waals surface area contributed by atoms with Gasteiger partial charge in [-0.05, 0) is 24.5 Å². The Kier molecular flexibility index (Phi) is 3.77. The maximum absolute atomic E-state index is 10.1. The molecule has 0 heterocycles. The molecule has 0 saturated heterocycles. The highest BCUT2D eigenvalue weighted by atomic mass is 35.5. The zero-order valence-corrected chi connectivity index (χ0v) is 7.92. The molecule has 2 nitrogen and oxygen atoms in total. The van der Waals surface area contributed by atoms with Gasteiger partial charge in [0, 0.05) is 6.42 Å². The Morgan fingerprint density at radius 2 is 2.23 bits per heavy atom. The largest absolute Gasteiger partial charge is 0.506 e. The summed E-state index contributed by atoms with van der Waals surface area (Å²) < 4.78 is 0. The van der Waals surface area contributed by atoms with Gasteiger partial charge >= 0.3 is 0 Å². The molecule has 0 saturated carbocycles. The van der Waals surface area contributed by atoms with Gasteiger partial charge in [0.05, 0.1) is 5.02 Å². The number of hydrogen-bond acceptors (Lipinski definition) is 2. The van der Waals surface area contributed by atoms with Crippen LogP contribution in [0.5, 0.6) is 5.75 Å². The first-order valence-corrected chi connectivity index (χ1v) is 4.53. The second kappa shape index (κ2) is 4.87. The van der Waals surface area contributed by atoms with Gasteiger partial charge in [-0.15, -0.1) is 0 Å². The quantitative estimate of drug-likeness (QED) is 0.597. The summed E-state index contributed by atoms with van der Waals surface area (Å²) in [5.41, 5.74) is 0.800. The first kappa shape index (κ1) is 10.1. The second-order valence-electron chi connectivity index (χ2n) is 2.81. The van der Waals surface area contributed by atoms with Crippen molar-refractivity contribution in [1.29, 1.82) is 0 Å². The number of aldehydes is 1. The molecule has 0 aromatic heterocycles.